The number of carbonyl (C=O) groups is 3. The van der Waals surface area contributed by atoms with Crippen LogP contribution in [-0.2, 0) is 14.3 Å². The van der Waals surface area contributed by atoms with E-state index < -0.39 is 23.1 Å². The van der Waals surface area contributed by atoms with Crippen molar-refractivity contribution in [1.29, 1.82) is 0 Å². The minimum atomic E-state index is -0.761. The van der Waals surface area contributed by atoms with Gasteiger partial charge in [0.15, 0.2) is 5.37 Å². The second kappa shape index (κ2) is 16.4. The molecule has 3 amide bonds. The Balaban J connectivity index is 1.25. The van der Waals surface area contributed by atoms with Gasteiger partial charge in [0.05, 0.1) is 12.6 Å². The number of nitrogens with one attached hydrogen (secondary N) is 1. The first-order valence-corrected chi connectivity index (χ1v) is 18.9. The molecular formula is C36H49N4O4S2. The van der Waals surface area contributed by atoms with Gasteiger partial charge in [-0.3, -0.25) is 19.4 Å². The highest BCUT2D eigenvalue weighted by molar-refractivity contribution is 8.01. The zero-order valence-corrected chi connectivity index (χ0v) is 29.1. The Hall–Kier alpha value is -2.69. The predicted octanol–water partition coefficient (Wildman–Crippen LogP) is 6.19. The predicted molar refractivity (Wildman–Crippen MR) is 187 cm³/mol. The summed E-state index contributed by atoms with van der Waals surface area (Å²) in [7, 11) is 0. The second-order valence-corrected chi connectivity index (χ2v) is 15.6. The van der Waals surface area contributed by atoms with Crippen LogP contribution in [0.2, 0.25) is 0 Å². The van der Waals surface area contributed by atoms with Gasteiger partial charge in [-0.25, -0.2) is 4.79 Å². The van der Waals surface area contributed by atoms with Crippen LogP contribution in [0.4, 0.5) is 4.79 Å². The van der Waals surface area contributed by atoms with E-state index in [0.29, 0.717) is 30.5 Å². The van der Waals surface area contributed by atoms with Gasteiger partial charge < -0.3 is 15.0 Å². The fourth-order valence-corrected chi connectivity index (χ4v) is 8.75. The molecule has 46 heavy (non-hydrogen) atoms. The highest BCUT2D eigenvalue weighted by atomic mass is 32.2. The molecule has 8 nitrogen and oxygen atoms in total. The lowest BCUT2D eigenvalue weighted by atomic mass is 9.91. The first-order chi connectivity index (χ1) is 22.2. The van der Waals surface area contributed by atoms with E-state index in [1.54, 1.807) is 18.3 Å². The van der Waals surface area contributed by atoms with Crippen LogP contribution in [0.15, 0.2) is 60.7 Å². The van der Waals surface area contributed by atoms with Crippen molar-refractivity contribution in [2.24, 2.45) is 5.92 Å². The van der Waals surface area contributed by atoms with Crippen LogP contribution in [0.3, 0.4) is 0 Å². The SMILES string of the molecule is CC(C)(C)OC(=O)N1[CH]CSC1C(=O)N[C@@H](CSCC1CCCCC1)C(=O)N1CCN(C(c2ccccc2)c2ccccc2)CC1. The molecule has 1 radical (unpaired) electrons. The molecular weight excluding hydrogens is 617 g/mol. The molecule has 0 spiro atoms. The van der Waals surface area contributed by atoms with Crippen molar-refractivity contribution in [3.8, 4) is 0 Å². The van der Waals surface area contributed by atoms with Crippen molar-refractivity contribution in [1.82, 2.24) is 20.0 Å². The third kappa shape index (κ3) is 9.44. The monoisotopic (exact) mass is 665 g/mol. The molecule has 1 saturated carbocycles. The van der Waals surface area contributed by atoms with Gasteiger partial charge in [0.2, 0.25) is 5.91 Å². The highest BCUT2D eigenvalue weighted by Crippen LogP contribution is 2.32. The molecule has 5 rings (SSSR count). The molecule has 249 valence electrons. The number of carbonyl (C=O) groups excluding carboxylic acids is 3. The minimum Gasteiger partial charge on any atom is -0.444 e. The number of hydrogen-bond donors (Lipinski definition) is 1. The summed E-state index contributed by atoms with van der Waals surface area (Å²) in [6.45, 7) is 9.77. The molecule has 0 bridgehead atoms. The van der Waals surface area contributed by atoms with Crippen molar-refractivity contribution in [3.63, 3.8) is 0 Å². The van der Waals surface area contributed by atoms with Gasteiger partial charge in [0.25, 0.3) is 5.91 Å². The van der Waals surface area contributed by atoms with E-state index in [0.717, 1.165) is 18.8 Å². The van der Waals surface area contributed by atoms with E-state index >= 15 is 0 Å². The number of benzene rings is 2. The van der Waals surface area contributed by atoms with Crippen molar-refractivity contribution in [2.75, 3.05) is 43.4 Å². The summed E-state index contributed by atoms with van der Waals surface area (Å²) >= 11 is 3.13. The normalized spacial score (nSPS) is 20.5. The molecule has 1 aliphatic carbocycles. The van der Waals surface area contributed by atoms with Crippen LogP contribution in [0.25, 0.3) is 0 Å². The second-order valence-electron chi connectivity index (χ2n) is 13.4. The lowest BCUT2D eigenvalue weighted by molar-refractivity contribution is -0.137. The summed E-state index contributed by atoms with van der Waals surface area (Å²) in [5, 5.41) is 2.31. The van der Waals surface area contributed by atoms with Crippen LogP contribution in [0.5, 0.6) is 0 Å². The van der Waals surface area contributed by atoms with Gasteiger partial charge >= 0.3 is 6.09 Å². The van der Waals surface area contributed by atoms with Crippen LogP contribution in [0, 0.1) is 12.5 Å². The average Bonchev–Trinajstić information content (AvgIpc) is 3.56. The minimum absolute atomic E-state index is 0.0455. The number of piperazine rings is 1. The number of amides is 3. The lowest BCUT2D eigenvalue weighted by Gasteiger charge is -2.41. The van der Waals surface area contributed by atoms with Gasteiger partial charge in [-0.05, 0) is 56.4 Å². The van der Waals surface area contributed by atoms with Gasteiger partial charge in [0, 0.05) is 37.7 Å². The Morgan fingerprint density at radius 1 is 0.913 bits per heavy atom. The molecule has 2 saturated heterocycles. The maximum atomic E-state index is 14.1. The van der Waals surface area contributed by atoms with E-state index in [2.05, 4.69) is 58.7 Å². The van der Waals surface area contributed by atoms with Crippen LogP contribution in [0.1, 0.15) is 70.0 Å². The number of hydrogen-bond acceptors (Lipinski definition) is 7. The molecule has 1 unspecified atom stereocenters. The van der Waals surface area contributed by atoms with E-state index in [9.17, 15) is 14.4 Å². The molecule has 2 aliphatic heterocycles. The zero-order chi connectivity index (χ0) is 32.5. The summed E-state index contributed by atoms with van der Waals surface area (Å²) in [4.78, 5) is 46.4. The van der Waals surface area contributed by atoms with Gasteiger partial charge in [-0.15, -0.1) is 11.8 Å². The van der Waals surface area contributed by atoms with Gasteiger partial charge in [-0.1, -0.05) is 79.9 Å². The summed E-state index contributed by atoms with van der Waals surface area (Å²) in [5.74, 6) is 2.34. The number of thioether (sulfide) groups is 2. The van der Waals surface area contributed by atoms with Gasteiger partial charge in [-0.2, -0.15) is 11.8 Å². The summed E-state index contributed by atoms with van der Waals surface area (Å²) in [6, 6.07) is 20.5. The number of nitrogens with zero attached hydrogens (tertiary/aromatic N) is 3. The fraction of sp³-hybridized carbons (Fsp3) is 0.556. The topological polar surface area (TPSA) is 82.2 Å². The van der Waals surface area contributed by atoms with E-state index in [-0.39, 0.29) is 17.9 Å². The van der Waals surface area contributed by atoms with E-state index in [1.165, 1.54) is 59.9 Å². The Morgan fingerprint density at radius 3 is 2.11 bits per heavy atom. The maximum absolute atomic E-state index is 14.1. The molecule has 3 fully saturated rings. The third-order valence-corrected chi connectivity index (χ3v) is 11.2. The Labute approximate surface area is 283 Å². The standard InChI is InChI=1S/C36H49N4O4S2/c1-36(2,3)44-35(43)40-23-24-46-34(40)32(41)37-30(26-45-25-27-13-7-4-8-14-27)33(42)39-21-19-38(20-22-39)31(28-15-9-5-10-16-28)29-17-11-6-12-18-29/h5-6,9-12,15-18,23,27,30-31,34H,4,7-8,13-14,19-22,24-26H2,1-3H3,(H,37,41)/t30-,34?/m0/s1. The molecule has 0 aromatic heterocycles. The van der Waals surface area contributed by atoms with Crippen molar-refractivity contribution >= 4 is 41.4 Å². The molecule has 3 aliphatic rings. The Bertz CT molecular complexity index is 1240. The quantitative estimate of drug-likeness (QED) is 0.324. The molecule has 10 heteroatoms. The molecule has 2 aromatic carbocycles. The summed E-state index contributed by atoms with van der Waals surface area (Å²) < 4.78 is 5.55. The van der Waals surface area contributed by atoms with Gasteiger partial charge in [0.1, 0.15) is 11.6 Å². The highest BCUT2D eigenvalue weighted by Gasteiger charge is 2.40. The van der Waals surface area contributed by atoms with E-state index in [4.69, 9.17) is 4.74 Å². The molecule has 2 aromatic rings. The first-order valence-electron chi connectivity index (χ1n) is 16.7. The summed E-state index contributed by atoms with van der Waals surface area (Å²) in [6.07, 6.45) is 5.79. The lowest BCUT2D eigenvalue weighted by Crippen LogP contribution is -2.58. The third-order valence-electron chi connectivity index (χ3n) is 8.81. The average molecular weight is 666 g/mol. The zero-order valence-electron chi connectivity index (χ0n) is 27.4. The smallest absolute Gasteiger partial charge is 0.411 e. The van der Waals surface area contributed by atoms with Crippen LogP contribution in [-0.4, -0.2) is 93.1 Å². The largest absolute Gasteiger partial charge is 0.444 e. The fourth-order valence-electron chi connectivity index (χ4n) is 6.51. The first kappa shape index (κ1) is 34.6. The summed E-state index contributed by atoms with van der Waals surface area (Å²) in [5.41, 5.74) is 1.80. The number of rotatable bonds is 10. The maximum Gasteiger partial charge on any atom is 0.411 e. The van der Waals surface area contributed by atoms with Crippen LogP contribution < -0.4 is 5.32 Å². The molecule has 2 atom stereocenters. The van der Waals surface area contributed by atoms with Crippen molar-refractivity contribution < 1.29 is 19.1 Å². The number of ether oxygens (including phenoxy) is 1. The Morgan fingerprint density at radius 2 is 1.52 bits per heavy atom. The van der Waals surface area contributed by atoms with Crippen LogP contribution >= 0.6 is 23.5 Å². The van der Waals surface area contributed by atoms with Crippen molar-refractivity contribution in [2.45, 2.75) is 75.9 Å². The van der Waals surface area contributed by atoms with E-state index in [1.807, 2.05) is 37.8 Å². The Kier molecular flexibility index (Phi) is 12.4. The molecule has 1 N–H and O–H groups in total. The van der Waals surface area contributed by atoms with Crippen molar-refractivity contribution in [3.05, 3.63) is 78.3 Å². The molecule has 2 heterocycles.